The molecule has 0 amide bonds. The molecule has 1 unspecified atom stereocenters. The van der Waals surface area contributed by atoms with E-state index in [2.05, 4.69) is 6.58 Å². The lowest BCUT2D eigenvalue weighted by Gasteiger charge is -2.14. The molecule has 0 aliphatic rings. The zero-order valence-corrected chi connectivity index (χ0v) is 13.4. The SMILES string of the molecule is C=C(C)Cc1cccc(C(O)Oc2ccc3sc(=O)oc3c2)c1. The number of hydrogen-bond donors (Lipinski definition) is 1. The monoisotopic (exact) mass is 328 g/mol. The van der Waals surface area contributed by atoms with Crippen LogP contribution in [0.2, 0.25) is 0 Å². The van der Waals surface area contributed by atoms with Crippen LogP contribution in [0.4, 0.5) is 0 Å². The molecule has 0 spiro atoms. The molecule has 118 valence electrons. The van der Waals surface area contributed by atoms with Gasteiger partial charge in [-0.1, -0.05) is 41.7 Å². The second-order valence-corrected chi connectivity index (χ2v) is 6.39. The lowest BCUT2D eigenvalue weighted by molar-refractivity contribution is -0.0194. The maximum atomic E-state index is 11.2. The lowest BCUT2D eigenvalue weighted by atomic mass is 10.0. The molecule has 0 aliphatic heterocycles. The van der Waals surface area contributed by atoms with E-state index in [1.807, 2.05) is 25.1 Å². The third-order valence-electron chi connectivity index (χ3n) is 3.29. The average Bonchev–Trinajstić information content (AvgIpc) is 2.86. The molecule has 0 saturated carbocycles. The second kappa shape index (κ2) is 6.40. The van der Waals surface area contributed by atoms with Gasteiger partial charge in [-0.15, -0.1) is 0 Å². The van der Waals surface area contributed by atoms with Gasteiger partial charge in [0, 0.05) is 11.6 Å². The third kappa shape index (κ3) is 3.70. The summed E-state index contributed by atoms with van der Waals surface area (Å²) in [4.78, 5) is 10.9. The Balaban J connectivity index is 1.80. The van der Waals surface area contributed by atoms with Gasteiger partial charge in [0.1, 0.15) is 5.75 Å². The Hall–Kier alpha value is -2.37. The first-order valence-electron chi connectivity index (χ1n) is 7.13. The highest BCUT2D eigenvalue weighted by atomic mass is 32.1. The van der Waals surface area contributed by atoms with E-state index in [-0.39, 0.29) is 4.94 Å². The van der Waals surface area contributed by atoms with Crippen molar-refractivity contribution in [3.63, 3.8) is 0 Å². The van der Waals surface area contributed by atoms with Crippen LogP contribution in [0.3, 0.4) is 0 Å². The van der Waals surface area contributed by atoms with Crippen molar-refractivity contribution in [3.8, 4) is 5.75 Å². The minimum absolute atomic E-state index is 0.356. The van der Waals surface area contributed by atoms with Gasteiger partial charge >= 0.3 is 4.94 Å². The Morgan fingerprint density at radius 1 is 1.35 bits per heavy atom. The topological polar surface area (TPSA) is 59.7 Å². The fraction of sp³-hybridized carbons (Fsp3) is 0.167. The van der Waals surface area contributed by atoms with Crippen LogP contribution in [-0.4, -0.2) is 5.11 Å². The average molecular weight is 328 g/mol. The van der Waals surface area contributed by atoms with Gasteiger partial charge in [-0.3, -0.25) is 0 Å². The quantitative estimate of drug-likeness (QED) is 0.567. The van der Waals surface area contributed by atoms with E-state index in [9.17, 15) is 9.90 Å². The normalized spacial score (nSPS) is 12.3. The van der Waals surface area contributed by atoms with Crippen LogP contribution < -0.4 is 9.68 Å². The molecule has 23 heavy (non-hydrogen) atoms. The lowest BCUT2D eigenvalue weighted by Crippen LogP contribution is -2.06. The summed E-state index contributed by atoms with van der Waals surface area (Å²) in [5.41, 5.74) is 3.24. The molecule has 3 rings (SSSR count). The van der Waals surface area contributed by atoms with Crippen LogP contribution in [0.25, 0.3) is 10.3 Å². The molecule has 1 aromatic heterocycles. The molecule has 5 heteroatoms. The summed E-state index contributed by atoms with van der Waals surface area (Å²) >= 11 is 1.04. The maximum absolute atomic E-state index is 11.2. The molecule has 0 saturated heterocycles. The fourth-order valence-electron chi connectivity index (χ4n) is 2.33. The van der Waals surface area contributed by atoms with Crippen molar-refractivity contribution < 1.29 is 14.3 Å². The Labute approximate surface area is 137 Å². The Kier molecular flexibility index (Phi) is 4.32. The van der Waals surface area contributed by atoms with Crippen LogP contribution in [-0.2, 0) is 6.42 Å². The molecule has 1 atom stereocenters. The molecule has 1 heterocycles. The van der Waals surface area contributed by atoms with E-state index < -0.39 is 6.29 Å². The van der Waals surface area contributed by atoms with Crippen molar-refractivity contribution in [1.29, 1.82) is 0 Å². The number of benzene rings is 2. The van der Waals surface area contributed by atoms with Crippen molar-refractivity contribution in [2.75, 3.05) is 0 Å². The van der Waals surface area contributed by atoms with Gasteiger partial charge in [0.2, 0.25) is 6.29 Å². The summed E-state index contributed by atoms with van der Waals surface area (Å²) in [7, 11) is 0. The predicted octanol–water partition coefficient (Wildman–Crippen LogP) is 4.04. The zero-order valence-electron chi connectivity index (χ0n) is 12.6. The first-order chi connectivity index (χ1) is 11.0. The number of hydrogen-bond acceptors (Lipinski definition) is 5. The molecular weight excluding hydrogens is 312 g/mol. The van der Waals surface area contributed by atoms with Gasteiger partial charge < -0.3 is 14.3 Å². The number of allylic oxidation sites excluding steroid dienone is 1. The van der Waals surface area contributed by atoms with Crippen LogP contribution in [0, 0.1) is 0 Å². The number of rotatable bonds is 5. The minimum atomic E-state index is -1.09. The van der Waals surface area contributed by atoms with Gasteiger partial charge in [-0.2, -0.15) is 0 Å². The largest absolute Gasteiger partial charge is 0.461 e. The first-order valence-corrected chi connectivity index (χ1v) is 7.94. The summed E-state index contributed by atoms with van der Waals surface area (Å²) in [6.45, 7) is 5.86. The molecule has 3 aromatic rings. The Bertz CT molecular complexity index is 907. The summed E-state index contributed by atoms with van der Waals surface area (Å²) in [6, 6.07) is 12.6. The van der Waals surface area contributed by atoms with Crippen LogP contribution in [0.5, 0.6) is 5.75 Å². The number of aliphatic hydroxyl groups excluding tert-OH is 1. The van der Waals surface area contributed by atoms with Crippen molar-refractivity contribution in [2.24, 2.45) is 0 Å². The van der Waals surface area contributed by atoms with Crippen LogP contribution in [0.15, 0.2) is 63.8 Å². The molecule has 1 N–H and O–H groups in total. The van der Waals surface area contributed by atoms with Crippen LogP contribution >= 0.6 is 11.3 Å². The van der Waals surface area contributed by atoms with Gasteiger partial charge in [0.25, 0.3) is 0 Å². The number of aliphatic hydroxyl groups is 1. The molecule has 2 aromatic carbocycles. The molecule has 0 fully saturated rings. The van der Waals surface area contributed by atoms with Gasteiger partial charge in [-0.05, 0) is 37.1 Å². The smallest absolute Gasteiger partial charge is 0.396 e. The van der Waals surface area contributed by atoms with Crippen molar-refractivity contribution in [1.82, 2.24) is 0 Å². The maximum Gasteiger partial charge on any atom is 0.396 e. The standard InChI is InChI=1S/C18H16O4S/c1-11(2)8-12-4-3-5-13(9-12)17(19)21-14-6-7-16-15(10-14)22-18(20)23-16/h3-7,9-10,17,19H,1,8H2,2H3. The highest BCUT2D eigenvalue weighted by Crippen LogP contribution is 2.26. The molecule has 4 nitrogen and oxygen atoms in total. The third-order valence-corrected chi connectivity index (χ3v) is 4.10. The first kappa shape index (κ1) is 15.5. The molecular formula is C18H16O4S. The second-order valence-electron chi connectivity index (χ2n) is 5.41. The number of fused-ring (bicyclic) bond motifs is 1. The zero-order chi connectivity index (χ0) is 16.4. The van der Waals surface area contributed by atoms with Gasteiger partial charge in [0.05, 0.1) is 4.70 Å². The van der Waals surface area contributed by atoms with Crippen molar-refractivity contribution >= 4 is 21.6 Å². The van der Waals surface area contributed by atoms with E-state index in [0.717, 1.165) is 33.6 Å². The summed E-state index contributed by atoms with van der Waals surface area (Å²) in [5, 5.41) is 10.3. The Morgan fingerprint density at radius 2 is 2.17 bits per heavy atom. The van der Waals surface area contributed by atoms with Crippen molar-refractivity contribution in [3.05, 3.63) is 75.5 Å². The van der Waals surface area contributed by atoms with E-state index in [4.69, 9.17) is 9.15 Å². The van der Waals surface area contributed by atoms with E-state index >= 15 is 0 Å². The highest BCUT2D eigenvalue weighted by Gasteiger charge is 2.11. The molecule has 0 aliphatic carbocycles. The summed E-state index contributed by atoms with van der Waals surface area (Å²) < 4.78 is 11.4. The Morgan fingerprint density at radius 3 is 2.96 bits per heavy atom. The number of ether oxygens (including phenoxy) is 1. The molecule has 0 radical (unpaired) electrons. The van der Waals surface area contributed by atoms with E-state index in [0.29, 0.717) is 16.9 Å². The van der Waals surface area contributed by atoms with Crippen molar-refractivity contribution in [2.45, 2.75) is 19.6 Å². The van der Waals surface area contributed by atoms with Gasteiger partial charge in [-0.25, -0.2) is 4.79 Å². The van der Waals surface area contributed by atoms with E-state index in [1.54, 1.807) is 24.3 Å². The summed E-state index contributed by atoms with van der Waals surface area (Å²) in [5.74, 6) is 0.442. The molecule has 0 bridgehead atoms. The predicted molar refractivity (Wildman–Crippen MR) is 90.9 cm³/mol. The summed E-state index contributed by atoms with van der Waals surface area (Å²) in [6.07, 6.45) is -0.338. The fourth-order valence-corrected chi connectivity index (χ4v) is 2.98. The van der Waals surface area contributed by atoms with Gasteiger partial charge in [0.15, 0.2) is 5.58 Å². The minimum Gasteiger partial charge on any atom is -0.461 e. The van der Waals surface area contributed by atoms with E-state index in [1.165, 1.54) is 0 Å². The highest BCUT2D eigenvalue weighted by molar-refractivity contribution is 7.16. The van der Waals surface area contributed by atoms with Crippen LogP contribution in [0.1, 0.15) is 24.3 Å².